The van der Waals surface area contributed by atoms with Gasteiger partial charge in [0.15, 0.2) is 13.2 Å². The van der Waals surface area contributed by atoms with Gasteiger partial charge in [-0.25, -0.2) is 8.42 Å². The zero-order valence-electron chi connectivity index (χ0n) is 21.7. The van der Waals surface area contributed by atoms with Crippen LogP contribution in [-0.2, 0) is 26.1 Å². The fraction of sp³-hybridized carbons (Fsp3) is 0.391. The van der Waals surface area contributed by atoms with Crippen LogP contribution in [-0.4, -0.2) is 73.6 Å². The van der Waals surface area contributed by atoms with Crippen molar-refractivity contribution in [1.29, 1.82) is 5.41 Å². The summed E-state index contributed by atoms with van der Waals surface area (Å²) in [5, 5.41) is 16.8. The Morgan fingerprint density at radius 3 is 2.12 bits per heavy atom. The van der Waals surface area contributed by atoms with Gasteiger partial charge in [0.05, 0.1) is 36.1 Å². The lowest BCUT2D eigenvalue weighted by Gasteiger charge is -2.19. The van der Waals surface area contributed by atoms with E-state index in [9.17, 15) is 44.7 Å². The molecule has 0 heterocycles. The maximum absolute atomic E-state index is 13.1. The molecule has 0 aliphatic heterocycles. The number of rotatable bonds is 16. The van der Waals surface area contributed by atoms with Crippen molar-refractivity contribution in [2.24, 2.45) is 5.73 Å². The van der Waals surface area contributed by atoms with Crippen LogP contribution in [0.25, 0.3) is 0 Å². The monoisotopic (exact) mass is 758 g/mol. The number of carboxylic acid groups (broad SMARTS) is 1. The number of carbonyl (C=O) groups is 1. The normalized spacial score (nSPS) is 12.8. The molecular formula is C23H25F6IN4O8S. The minimum absolute atomic E-state index is 0.196. The molecule has 20 heteroatoms. The second kappa shape index (κ2) is 15.5. The highest BCUT2D eigenvalue weighted by molar-refractivity contribution is 14.1. The van der Waals surface area contributed by atoms with E-state index in [2.05, 4.69) is 9.47 Å². The molecule has 0 bridgehead atoms. The van der Waals surface area contributed by atoms with Gasteiger partial charge in [0.2, 0.25) is 16.0 Å². The first-order valence-corrected chi connectivity index (χ1v) is 14.2. The van der Waals surface area contributed by atoms with Gasteiger partial charge in [-0.2, -0.15) is 34.3 Å². The predicted octanol–water partition coefficient (Wildman–Crippen LogP) is 3.79. The lowest BCUT2D eigenvalue weighted by Crippen LogP contribution is -2.42. The van der Waals surface area contributed by atoms with Crippen LogP contribution in [0.5, 0.6) is 17.2 Å². The van der Waals surface area contributed by atoms with Crippen molar-refractivity contribution in [2.45, 2.75) is 36.1 Å². The number of carboxylic acids is 1. The lowest BCUT2D eigenvalue weighted by molar-refractivity contribution is -0.154. The van der Waals surface area contributed by atoms with Gasteiger partial charge >= 0.3 is 18.3 Å². The van der Waals surface area contributed by atoms with Gasteiger partial charge in [0.25, 0.3) is 0 Å². The molecule has 0 spiro atoms. The Morgan fingerprint density at radius 2 is 1.56 bits per heavy atom. The van der Waals surface area contributed by atoms with Crippen LogP contribution in [0.4, 0.5) is 26.3 Å². The van der Waals surface area contributed by atoms with Crippen molar-refractivity contribution in [3.05, 3.63) is 48.0 Å². The fourth-order valence-corrected chi connectivity index (χ4v) is 4.63. The lowest BCUT2D eigenvalue weighted by atomic mass is 10.1. The summed E-state index contributed by atoms with van der Waals surface area (Å²) in [6.07, 6.45) is -9.70. The quantitative estimate of drug-likeness (QED) is 0.0376. The minimum Gasteiger partial charge on any atom is -0.494 e. The third kappa shape index (κ3) is 13.3. The van der Waals surface area contributed by atoms with Crippen molar-refractivity contribution in [3.8, 4) is 17.2 Å². The maximum Gasteiger partial charge on any atom is 0.422 e. The van der Waals surface area contributed by atoms with Crippen molar-refractivity contribution < 1.29 is 63.7 Å². The van der Waals surface area contributed by atoms with E-state index in [1.807, 2.05) is 4.72 Å². The first kappa shape index (κ1) is 36.0. The number of hydroxylamine groups is 1. The Bertz CT molecular complexity index is 1350. The van der Waals surface area contributed by atoms with E-state index in [-0.39, 0.29) is 19.2 Å². The number of halogens is 7. The van der Waals surface area contributed by atoms with Gasteiger partial charge in [-0.1, -0.05) is 12.1 Å². The van der Waals surface area contributed by atoms with E-state index < -0.39 is 70.4 Å². The Labute approximate surface area is 255 Å². The van der Waals surface area contributed by atoms with E-state index >= 15 is 0 Å². The van der Waals surface area contributed by atoms with Gasteiger partial charge in [-0.05, 0) is 36.2 Å². The molecule has 0 amide bonds. The number of alkyl halides is 6. The topological polar surface area (TPSA) is 174 Å². The number of ether oxygens (including phenoxy) is 3. The fourth-order valence-electron chi connectivity index (χ4n) is 3.08. The van der Waals surface area contributed by atoms with Gasteiger partial charge in [0, 0.05) is 12.5 Å². The van der Waals surface area contributed by atoms with Gasteiger partial charge in [-0.15, -0.1) is 0 Å². The molecular weight excluding hydrogens is 733 g/mol. The summed E-state index contributed by atoms with van der Waals surface area (Å²) in [7, 11) is -4.98. The molecule has 0 unspecified atom stereocenters. The van der Waals surface area contributed by atoms with Crippen LogP contribution in [0.15, 0.2) is 47.4 Å². The van der Waals surface area contributed by atoms with E-state index in [0.717, 1.165) is 9.34 Å². The highest BCUT2D eigenvalue weighted by atomic mass is 127. The van der Waals surface area contributed by atoms with Crippen LogP contribution in [0, 0.1) is 5.41 Å². The molecule has 240 valence electrons. The Balaban J connectivity index is 2.15. The van der Waals surface area contributed by atoms with Crippen molar-refractivity contribution in [3.63, 3.8) is 0 Å². The van der Waals surface area contributed by atoms with Crippen molar-refractivity contribution >= 4 is 44.8 Å². The number of nitrogens with two attached hydrogens (primary N) is 1. The number of sulfonamides is 1. The molecule has 0 saturated carbocycles. The predicted molar refractivity (Wildman–Crippen MR) is 145 cm³/mol. The van der Waals surface area contributed by atoms with Crippen molar-refractivity contribution in [1.82, 2.24) is 8.00 Å². The molecule has 0 aromatic heterocycles. The summed E-state index contributed by atoms with van der Waals surface area (Å²) in [5.74, 6) is -3.13. The number of hydrogen-bond acceptors (Lipinski definition) is 8. The standard InChI is InChI=1S/C23H25F6IN4O8S/c24-22(25,26)12-40-16-6-7-18(41-13-23(27,28)29)19(11-16)43(37,38)33-17(20(35)36)10-14-2-4-15(5-3-14)39-8-1-9-42-34(30)21(31)32/h2-7,11,17,33H,1,8-10,12-13H2,(H3,31,32)(H,35,36)/t17-/m0/s1. The minimum atomic E-state index is -4.98. The number of nitrogens with one attached hydrogen (secondary N) is 2. The van der Waals surface area contributed by atoms with Crippen LogP contribution in [0.2, 0.25) is 0 Å². The van der Waals surface area contributed by atoms with E-state index in [1.165, 1.54) is 24.3 Å². The second-order valence-corrected chi connectivity index (χ2v) is 11.0. The first-order chi connectivity index (χ1) is 19.9. The second-order valence-electron chi connectivity index (χ2n) is 8.44. The van der Waals surface area contributed by atoms with E-state index in [4.69, 9.17) is 20.7 Å². The third-order valence-corrected chi connectivity index (χ3v) is 7.20. The highest BCUT2D eigenvalue weighted by Gasteiger charge is 2.33. The average Bonchev–Trinajstić information content (AvgIpc) is 2.90. The number of hydrogen-bond donors (Lipinski definition) is 4. The highest BCUT2D eigenvalue weighted by Crippen LogP contribution is 2.31. The Kier molecular flexibility index (Phi) is 12.9. The van der Waals surface area contributed by atoms with E-state index in [0.29, 0.717) is 29.9 Å². The molecule has 43 heavy (non-hydrogen) atoms. The first-order valence-electron chi connectivity index (χ1n) is 11.8. The molecule has 2 aromatic carbocycles. The SMILES string of the molecule is N=C(N)N(I)OCCCOc1ccc(C[C@H](NS(=O)(=O)c2cc(OCC(F)(F)F)ccc2OCC(F)(F)F)C(=O)O)cc1. The molecule has 0 aliphatic carbocycles. The molecule has 2 rings (SSSR count). The molecule has 0 aliphatic rings. The zero-order valence-corrected chi connectivity index (χ0v) is 24.7. The number of aliphatic carboxylic acids is 1. The summed E-state index contributed by atoms with van der Waals surface area (Å²) >= 11 is 1.68. The largest absolute Gasteiger partial charge is 0.494 e. The number of nitrogens with zero attached hydrogens (tertiary/aromatic N) is 1. The molecule has 12 nitrogen and oxygen atoms in total. The summed E-state index contributed by atoms with van der Waals surface area (Å²) in [6.45, 7) is -3.35. The van der Waals surface area contributed by atoms with E-state index in [1.54, 1.807) is 22.9 Å². The number of guanidine groups is 1. The van der Waals surface area contributed by atoms with Gasteiger partial charge in [0.1, 0.15) is 28.2 Å². The smallest absolute Gasteiger partial charge is 0.422 e. The number of benzene rings is 2. The maximum atomic E-state index is 13.1. The van der Waals surface area contributed by atoms with Crippen LogP contribution >= 0.6 is 22.9 Å². The van der Waals surface area contributed by atoms with Crippen molar-refractivity contribution in [2.75, 3.05) is 26.4 Å². The molecule has 0 saturated heterocycles. The third-order valence-electron chi connectivity index (χ3n) is 4.91. The Hall–Kier alpha value is -3.24. The molecule has 1 atom stereocenters. The molecule has 2 aromatic rings. The van der Waals surface area contributed by atoms with Crippen LogP contribution < -0.4 is 24.7 Å². The van der Waals surface area contributed by atoms with Gasteiger partial charge < -0.3 is 25.1 Å². The average molecular weight is 758 g/mol. The van der Waals surface area contributed by atoms with Crippen LogP contribution in [0.1, 0.15) is 12.0 Å². The molecule has 0 fully saturated rings. The van der Waals surface area contributed by atoms with Crippen LogP contribution in [0.3, 0.4) is 0 Å². The summed E-state index contributed by atoms with van der Waals surface area (Å²) in [4.78, 5) is 15.9. The molecule has 0 radical (unpaired) electrons. The van der Waals surface area contributed by atoms with Gasteiger partial charge in [-0.3, -0.25) is 15.0 Å². The summed E-state index contributed by atoms with van der Waals surface area (Å²) in [5.41, 5.74) is 5.55. The summed E-state index contributed by atoms with van der Waals surface area (Å²) < 4.78 is 119. The zero-order chi connectivity index (χ0) is 32.4. The molecule has 5 N–H and O–H groups in total. The summed E-state index contributed by atoms with van der Waals surface area (Å²) in [6, 6.07) is 5.93. The Morgan fingerprint density at radius 1 is 0.977 bits per heavy atom.